The highest BCUT2D eigenvalue weighted by atomic mass is 32.1. The van der Waals surface area contributed by atoms with Crippen molar-refractivity contribution in [2.24, 2.45) is 0 Å². The summed E-state index contributed by atoms with van der Waals surface area (Å²) in [5.41, 5.74) is 0. The molecule has 0 saturated carbocycles. The van der Waals surface area contributed by atoms with Crippen LogP contribution in [0.3, 0.4) is 0 Å². The third-order valence-electron chi connectivity index (χ3n) is 3.12. The molecular formula is C15H22N2O2S. The highest BCUT2D eigenvalue weighted by Gasteiger charge is 2.11. The largest absolute Gasteiger partial charge is 0.382 e. The molecule has 2 rings (SSSR count). The van der Waals surface area contributed by atoms with Gasteiger partial charge in [0.05, 0.1) is 9.58 Å². The van der Waals surface area contributed by atoms with Gasteiger partial charge in [-0.15, -0.1) is 11.3 Å². The molecule has 110 valence electrons. The van der Waals surface area contributed by atoms with E-state index in [1.807, 2.05) is 13.0 Å². The molecule has 0 saturated heterocycles. The van der Waals surface area contributed by atoms with Crippen LogP contribution < -0.4 is 5.32 Å². The monoisotopic (exact) mass is 294 g/mol. The topological polar surface area (TPSA) is 43.3 Å². The maximum absolute atomic E-state index is 12.0. The van der Waals surface area contributed by atoms with E-state index in [1.165, 1.54) is 0 Å². The third-order valence-corrected chi connectivity index (χ3v) is 4.20. The Morgan fingerprint density at radius 3 is 2.90 bits per heavy atom. The molecule has 2 aromatic rings. The Bertz CT molecular complexity index is 540. The lowest BCUT2D eigenvalue weighted by molar-refractivity contribution is 0.0948. The Balaban J connectivity index is 1.92. The van der Waals surface area contributed by atoms with Crippen molar-refractivity contribution in [2.45, 2.75) is 33.2 Å². The molecule has 1 N–H and O–H groups in total. The molecule has 0 atom stereocenters. The predicted molar refractivity (Wildman–Crippen MR) is 83.6 cm³/mol. The minimum Gasteiger partial charge on any atom is -0.382 e. The van der Waals surface area contributed by atoms with E-state index >= 15 is 0 Å². The van der Waals surface area contributed by atoms with Crippen molar-refractivity contribution >= 4 is 27.3 Å². The second kappa shape index (κ2) is 6.90. The van der Waals surface area contributed by atoms with Gasteiger partial charge in [0.25, 0.3) is 5.91 Å². The number of thiophene rings is 1. The van der Waals surface area contributed by atoms with Gasteiger partial charge in [0.15, 0.2) is 0 Å². The van der Waals surface area contributed by atoms with Crippen LogP contribution in [-0.2, 0) is 4.74 Å². The average Bonchev–Trinajstić information content (AvgIpc) is 2.96. The Hall–Kier alpha value is -1.33. The van der Waals surface area contributed by atoms with E-state index in [0.717, 1.165) is 28.0 Å². The van der Waals surface area contributed by atoms with Gasteiger partial charge >= 0.3 is 0 Å². The van der Waals surface area contributed by atoms with E-state index in [2.05, 4.69) is 36.1 Å². The first kappa shape index (κ1) is 15.1. The fourth-order valence-electron chi connectivity index (χ4n) is 1.97. The van der Waals surface area contributed by atoms with Crippen molar-refractivity contribution in [1.29, 1.82) is 0 Å². The summed E-state index contributed by atoms with van der Waals surface area (Å²) in [6.45, 7) is 8.35. The van der Waals surface area contributed by atoms with E-state index in [9.17, 15) is 4.79 Å². The van der Waals surface area contributed by atoms with E-state index in [4.69, 9.17) is 4.74 Å². The number of aromatic nitrogens is 1. The lowest BCUT2D eigenvalue weighted by atomic mass is 10.3. The number of rotatable bonds is 7. The molecule has 0 fully saturated rings. The molecule has 20 heavy (non-hydrogen) atoms. The molecule has 0 aliphatic rings. The van der Waals surface area contributed by atoms with E-state index in [1.54, 1.807) is 11.3 Å². The zero-order valence-electron chi connectivity index (χ0n) is 12.3. The first-order chi connectivity index (χ1) is 9.61. The third kappa shape index (κ3) is 3.61. The van der Waals surface area contributed by atoms with Gasteiger partial charge in [0.2, 0.25) is 0 Å². The number of carbonyl (C=O) groups is 1. The Kier molecular flexibility index (Phi) is 5.20. The van der Waals surface area contributed by atoms with Crippen LogP contribution in [-0.4, -0.2) is 30.2 Å². The molecule has 4 nitrogen and oxygen atoms in total. The summed E-state index contributed by atoms with van der Waals surface area (Å²) in [7, 11) is 0. The Labute approximate surface area is 123 Å². The zero-order valence-corrected chi connectivity index (χ0v) is 13.1. The molecule has 0 aromatic carbocycles. The van der Waals surface area contributed by atoms with Gasteiger partial charge in [-0.1, -0.05) is 0 Å². The van der Waals surface area contributed by atoms with E-state index < -0.39 is 0 Å². The van der Waals surface area contributed by atoms with E-state index in [-0.39, 0.29) is 5.91 Å². The number of hydrogen-bond donors (Lipinski definition) is 1. The number of hydrogen-bond acceptors (Lipinski definition) is 3. The molecule has 0 unspecified atom stereocenters. The summed E-state index contributed by atoms with van der Waals surface area (Å²) in [5.74, 6) is 0.0128. The van der Waals surface area contributed by atoms with Crippen molar-refractivity contribution in [3.05, 3.63) is 23.3 Å². The normalized spacial score (nSPS) is 11.4. The standard InChI is InChI=1S/C15H22N2O2S/c1-4-19-7-5-6-16-15(18)13-8-12-9-17(11(2)3)10-14(12)20-13/h8-11H,4-7H2,1-3H3,(H,16,18). The van der Waals surface area contributed by atoms with Gasteiger partial charge in [0, 0.05) is 43.6 Å². The van der Waals surface area contributed by atoms with Crippen LogP contribution in [0.5, 0.6) is 0 Å². The highest BCUT2D eigenvalue weighted by molar-refractivity contribution is 7.20. The first-order valence-corrected chi connectivity index (χ1v) is 7.90. The molecule has 2 heterocycles. The highest BCUT2D eigenvalue weighted by Crippen LogP contribution is 2.27. The number of carbonyl (C=O) groups excluding carboxylic acids is 1. The quantitative estimate of drug-likeness (QED) is 0.795. The van der Waals surface area contributed by atoms with Crippen LogP contribution >= 0.6 is 11.3 Å². The predicted octanol–water partition coefficient (Wildman–Crippen LogP) is 3.44. The average molecular weight is 294 g/mol. The van der Waals surface area contributed by atoms with Crippen molar-refractivity contribution in [2.75, 3.05) is 19.8 Å². The molecule has 5 heteroatoms. The lowest BCUT2D eigenvalue weighted by Crippen LogP contribution is -2.24. The summed E-state index contributed by atoms with van der Waals surface area (Å²) < 4.78 is 8.58. The maximum Gasteiger partial charge on any atom is 0.261 e. The van der Waals surface area contributed by atoms with Gasteiger partial charge in [-0.3, -0.25) is 4.79 Å². The van der Waals surface area contributed by atoms with Crippen LogP contribution in [0.1, 0.15) is 42.9 Å². The molecule has 0 aliphatic carbocycles. The molecule has 0 aliphatic heterocycles. The fraction of sp³-hybridized carbons (Fsp3) is 0.533. The van der Waals surface area contributed by atoms with Gasteiger partial charge in [-0.25, -0.2) is 0 Å². The van der Waals surface area contributed by atoms with Crippen molar-refractivity contribution in [1.82, 2.24) is 9.88 Å². The number of fused-ring (bicyclic) bond motifs is 1. The number of amides is 1. The minimum atomic E-state index is 0.0128. The van der Waals surface area contributed by atoms with Crippen LogP contribution in [0.25, 0.3) is 10.1 Å². The van der Waals surface area contributed by atoms with E-state index in [0.29, 0.717) is 19.2 Å². The second-order valence-corrected chi connectivity index (χ2v) is 6.12. The molecule has 2 aromatic heterocycles. The Morgan fingerprint density at radius 1 is 1.45 bits per heavy atom. The number of nitrogens with zero attached hydrogens (tertiary/aromatic N) is 1. The van der Waals surface area contributed by atoms with Crippen LogP contribution in [0.2, 0.25) is 0 Å². The van der Waals surface area contributed by atoms with Crippen LogP contribution in [0.15, 0.2) is 18.5 Å². The van der Waals surface area contributed by atoms with Gasteiger partial charge in [0.1, 0.15) is 0 Å². The van der Waals surface area contributed by atoms with Gasteiger partial charge < -0.3 is 14.6 Å². The SMILES string of the molecule is CCOCCCNC(=O)c1cc2cn(C(C)C)cc2s1. The van der Waals surface area contributed by atoms with Gasteiger partial charge in [-0.2, -0.15) is 0 Å². The molecule has 0 bridgehead atoms. The minimum absolute atomic E-state index is 0.0128. The summed E-state index contributed by atoms with van der Waals surface area (Å²) >= 11 is 1.55. The summed E-state index contributed by atoms with van der Waals surface area (Å²) in [5, 5.41) is 4.07. The smallest absolute Gasteiger partial charge is 0.261 e. The maximum atomic E-state index is 12.0. The summed E-state index contributed by atoms with van der Waals surface area (Å²) in [4.78, 5) is 12.8. The molecular weight excluding hydrogens is 272 g/mol. The first-order valence-electron chi connectivity index (χ1n) is 7.08. The summed E-state index contributed by atoms with van der Waals surface area (Å²) in [6, 6.07) is 2.42. The number of nitrogens with one attached hydrogen (secondary N) is 1. The fourth-order valence-corrected chi connectivity index (χ4v) is 2.96. The second-order valence-electron chi connectivity index (χ2n) is 5.04. The molecule has 0 radical (unpaired) electrons. The van der Waals surface area contributed by atoms with Crippen LogP contribution in [0.4, 0.5) is 0 Å². The zero-order chi connectivity index (χ0) is 14.5. The van der Waals surface area contributed by atoms with Crippen LogP contribution in [0, 0.1) is 0 Å². The molecule has 0 spiro atoms. The van der Waals surface area contributed by atoms with Crippen molar-refractivity contribution in [3.63, 3.8) is 0 Å². The Morgan fingerprint density at radius 2 is 2.25 bits per heavy atom. The van der Waals surface area contributed by atoms with Crippen molar-refractivity contribution < 1.29 is 9.53 Å². The lowest BCUT2D eigenvalue weighted by Gasteiger charge is -2.05. The summed E-state index contributed by atoms with van der Waals surface area (Å²) in [6.07, 6.45) is 5.06. The molecule has 1 amide bonds. The van der Waals surface area contributed by atoms with Crippen molar-refractivity contribution in [3.8, 4) is 0 Å². The number of ether oxygens (including phenoxy) is 1. The van der Waals surface area contributed by atoms with Gasteiger partial charge in [-0.05, 0) is 33.3 Å².